The third-order valence-corrected chi connectivity index (χ3v) is 8.10. The minimum atomic E-state index is -0.544. The number of aliphatic hydroxyl groups is 1. The number of esters is 1. The summed E-state index contributed by atoms with van der Waals surface area (Å²) < 4.78 is 5.37. The number of ether oxygens (including phenoxy) is 1. The summed E-state index contributed by atoms with van der Waals surface area (Å²) in [5.74, 6) is 1.18. The van der Waals surface area contributed by atoms with Crippen molar-refractivity contribution in [2.45, 2.75) is 77.9 Å². The highest BCUT2D eigenvalue weighted by molar-refractivity contribution is 5.92. The average Bonchev–Trinajstić information content (AvgIpc) is 2.79. The van der Waals surface area contributed by atoms with Gasteiger partial charge in [0, 0.05) is 12.3 Å². The molecule has 138 valence electrons. The Hall–Kier alpha value is -1.16. The first-order chi connectivity index (χ1) is 11.8. The number of carbonyl (C=O) groups is 2. The molecular weight excluding hydrogens is 316 g/mol. The standard InChI is InChI=1S/C21H30O4/c1-12(22)25-18-11-17-15-5-4-13-10-14(23)6-8-20(13,2)16(15)7-9-21(17,3)19(18)24/h4,14-18,23H,5-11H2,1-3H3/t14-,15+,16-,17-,18+,20-,21-/m1/s1. The van der Waals surface area contributed by atoms with Crippen LogP contribution in [0.15, 0.2) is 11.6 Å². The van der Waals surface area contributed by atoms with E-state index in [0.717, 1.165) is 38.5 Å². The number of hydrogen-bond acceptors (Lipinski definition) is 4. The SMILES string of the molecule is CC(=O)O[C@H]1C[C@@H]2[C@H]3CC=C4C[C@H](O)CC[C@@]4(C)[C@@H]3CC[C@@]2(C)C1=O. The summed E-state index contributed by atoms with van der Waals surface area (Å²) in [6, 6.07) is 0. The second kappa shape index (κ2) is 5.67. The number of allylic oxidation sites excluding steroid dienone is 1. The fourth-order valence-electron chi connectivity index (χ4n) is 6.71. The first kappa shape index (κ1) is 17.3. The molecule has 0 saturated heterocycles. The molecule has 3 fully saturated rings. The fraction of sp³-hybridized carbons (Fsp3) is 0.810. The first-order valence-electron chi connectivity index (χ1n) is 9.85. The largest absolute Gasteiger partial charge is 0.455 e. The number of Topliss-reactive ketones (excluding diaryl/α,β-unsaturated/α-hetero) is 1. The van der Waals surface area contributed by atoms with Gasteiger partial charge in [-0.05, 0) is 68.1 Å². The number of aliphatic hydroxyl groups excluding tert-OH is 1. The zero-order chi connectivity index (χ0) is 18.0. The molecule has 0 unspecified atom stereocenters. The van der Waals surface area contributed by atoms with Gasteiger partial charge >= 0.3 is 5.97 Å². The zero-order valence-electron chi connectivity index (χ0n) is 15.6. The van der Waals surface area contributed by atoms with Gasteiger partial charge in [-0.1, -0.05) is 25.5 Å². The van der Waals surface area contributed by atoms with Crippen molar-refractivity contribution in [2.75, 3.05) is 0 Å². The Morgan fingerprint density at radius 1 is 1.20 bits per heavy atom. The molecule has 0 aromatic rings. The van der Waals surface area contributed by atoms with E-state index in [2.05, 4.69) is 19.9 Å². The highest BCUT2D eigenvalue weighted by Gasteiger charge is 2.61. The fourth-order valence-corrected chi connectivity index (χ4v) is 6.71. The molecule has 4 aliphatic carbocycles. The Morgan fingerprint density at radius 3 is 2.64 bits per heavy atom. The van der Waals surface area contributed by atoms with Gasteiger partial charge in [0.2, 0.25) is 0 Å². The molecule has 4 heteroatoms. The smallest absolute Gasteiger partial charge is 0.303 e. The monoisotopic (exact) mass is 346 g/mol. The molecule has 7 atom stereocenters. The van der Waals surface area contributed by atoms with Gasteiger partial charge in [0.15, 0.2) is 11.9 Å². The van der Waals surface area contributed by atoms with Gasteiger partial charge in [0.25, 0.3) is 0 Å². The van der Waals surface area contributed by atoms with Crippen molar-refractivity contribution in [1.82, 2.24) is 0 Å². The van der Waals surface area contributed by atoms with E-state index >= 15 is 0 Å². The van der Waals surface area contributed by atoms with Crippen molar-refractivity contribution >= 4 is 11.8 Å². The second-order valence-electron chi connectivity index (χ2n) is 9.31. The molecule has 0 spiro atoms. The van der Waals surface area contributed by atoms with E-state index in [1.807, 2.05) is 0 Å². The van der Waals surface area contributed by atoms with Crippen LogP contribution in [0, 0.1) is 28.6 Å². The van der Waals surface area contributed by atoms with E-state index in [9.17, 15) is 14.7 Å². The third kappa shape index (κ3) is 2.43. The molecule has 4 nitrogen and oxygen atoms in total. The van der Waals surface area contributed by atoms with Crippen LogP contribution in [0.5, 0.6) is 0 Å². The summed E-state index contributed by atoms with van der Waals surface area (Å²) in [6.45, 7) is 5.88. The van der Waals surface area contributed by atoms with Gasteiger partial charge in [0.1, 0.15) is 0 Å². The van der Waals surface area contributed by atoms with Gasteiger partial charge < -0.3 is 9.84 Å². The minimum Gasteiger partial charge on any atom is -0.455 e. The maximum atomic E-state index is 13.0. The molecular formula is C21H30O4. The van der Waals surface area contributed by atoms with Crippen LogP contribution in [-0.4, -0.2) is 29.1 Å². The summed E-state index contributed by atoms with van der Waals surface area (Å²) >= 11 is 0. The van der Waals surface area contributed by atoms with Crippen molar-refractivity contribution in [1.29, 1.82) is 0 Å². The lowest BCUT2D eigenvalue weighted by molar-refractivity contribution is -0.153. The average molecular weight is 346 g/mol. The topological polar surface area (TPSA) is 63.6 Å². The summed E-state index contributed by atoms with van der Waals surface area (Å²) in [5, 5.41) is 10.1. The number of rotatable bonds is 1. The number of fused-ring (bicyclic) bond motifs is 5. The van der Waals surface area contributed by atoms with E-state index in [4.69, 9.17) is 4.74 Å². The van der Waals surface area contributed by atoms with Crippen LogP contribution >= 0.6 is 0 Å². The number of hydrogen-bond donors (Lipinski definition) is 1. The Balaban J connectivity index is 1.64. The van der Waals surface area contributed by atoms with Crippen molar-refractivity contribution in [2.24, 2.45) is 28.6 Å². The van der Waals surface area contributed by atoms with Crippen LogP contribution in [0.3, 0.4) is 0 Å². The van der Waals surface area contributed by atoms with E-state index in [-0.39, 0.29) is 28.7 Å². The molecule has 4 rings (SSSR count). The van der Waals surface area contributed by atoms with Crippen LogP contribution in [0.2, 0.25) is 0 Å². The Labute approximate surface area is 150 Å². The van der Waals surface area contributed by atoms with Crippen molar-refractivity contribution in [3.8, 4) is 0 Å². The van der Waals surface area contributed by atoms with Crippen molar-refractivity contribution < 1.29 is 19.4 Å². The van der Waals surface area contributed by atoms with E-state index in [1.165, 1.54) is 12.5 Å². The van der Waals surface area contributed by atoms with Crippen LogP contribution < -0.4 is 0 Å². The highest BCUT2D eigenvalue weighted by Crippen LogP contribution is 2.64. The normalized spacial score (nSPS) is 48.9. The van der Waals surface area contributed by atoms with Gasteiger partial charge in [-0.25, -0.2) is 0 Å². The van der Waals surface area contributed by atoms with Gasteiger partial charge in [0.05, 0.1) is 6.10 Å². The molecule has 0 heterocycles. The molecule has 0 aromatic heterocycles. The minimum absolute atomic E-state index is 0.144. The van der Waals surface area contributed by atoms with E-state index in [1.54, 1.807) is 0 Å². The molecule has 0 bridgehead atoms. The number of ketones is 1. The first-order valence-corrected chi connectivity index (χ1v) is 9.85. The van der Waals surface area contributed by atoms with Crippen molar-refractivity contribution in [3.63, 3.8) is 0 Å². The predicted molar refractivity (Wildman–Crippen MR) is 93.7 cm³/mol. The Bertz CT molecular complexity index is 638. The molecule has 0 aromatic carbocycles. The lowest BCUT2D eigenvalue weighted by Gasteiger charge is -2.56. The third-order valence-electron chi connectivity index (χ3n) is 8.10. The van der Waals surface area contributed by atoms with Crippen LogP contribution in [0.4, 0.5) is 0 Å². The van der Waals surface area contributed by atoms with Crippen molar-refractivity contribution in [3.05, 3.63) is 11.6 Å². The summed E-state index contributed by atoms with van der Waals surface area (Å²) in [5.41, 5.74) is 1.28. The van der Waals surface area contributed by atoms with Gasteiger partial charge in [-0.3, -0.25) is 9.59 Å². The lowest BCUT2D eigenvalue weighted by Crippen LogP contribution is -2.50. The summed E-state index contributed by atoms with van der Waals surface area (Å²) in [7, 11) is 0. The highest BCUT2D eigenvalue weighted by atomic mass is 16.5. The summed E-state index contributed by atoms with van der Waals surface area (Å²) in [4.78, 5) is 24.4. The van der Waals surface area contributed by atoms with Crippen LogP contribution in [0.1, 0.15) is 65.7 Å². The predicted octanol–water partition coefficient (Wildman–Crippen LogP) is 3.42. The molecule has 0 radical (unpaired) electrons. The van der Waals surface area contributed by atoms with Gasteiger partial charge in [-0.15, -0.1) is 0 Å². The molecule has 0 aliphatic heterocycles. The second-order valence-corrected chi connectivity index (χ2v) is 9.31. The maximum Gasteiger partial charge on any atom is 0.303 e. The molecule has 3 saturated carbocycles. The van der Waals surface area contributed by atoms with Gasteiger partial charge in [-0.2, -0.15) is 0 Å². The van der Waals surface area contributed by atoms with Crippen LogP contribution in [0.25, 0.3) is 0 Å². The zero-order valence-corrected chi connectivity index (χ0v) is 15.6. The molecule has 1 N–H and O–H groups in total. The molecule has 25 heavy (non-hydrogen) atoms. The van der Waals surface area contributed by atoms with Crippen LogP contribution in [-0.2, 0) is 14.3 Å². The van der Waals surface area contributed by atoms with E-state index < -0.39 is 6.10 Å². The Morgan fingerprint density at radius 2 is 1.92 bits per heavy atom. The molecule has 0 amide bonds. The Kier molecular flexibility index (Phi) is 3.91. The molecule has 4 aliphatic rings. The lowest BCUT2D eigenvalue weighted by atomic mass is 9.48. The quantitative estimate of drug-likeness (QED) is 0.584. The van der Waals surface area contributed by atoms with E-state index in [0.29, 0.717) is 24.2 Å². The maximum absolute atomic E-state index is 13.0. The number of carbonyl (C=O) groups excluding carboxylic acids is 2. The summed E-state index contributed by atoms with van der Waals surface area (Å²) in [6.07, 6.45) is 8.04.